The lowest BCUT2D eigenvalue weighted by Crippen LogP contribution is -2.47. The smallest absolute Gasteiger partial charge is 0.323 e. The number of aliphatic carboxylic acids is 1. The highest BCUT2D eigenvalue weighted by molar-refractivity contribution is 5.78. The van der Waals surface area contributed by atoms with Gasteiger partial charge in [0, 0.05) is 13.7 Å². The molecule has 0 aromatic heterocycles. The van der Waals surface area contributed by atoms with Gasteiger partial charge in [0.1, 0.15) is 5.54 Å². The molecular formula is C15H29NO4. The van der Waals surface area contributed by atoms with Gasteiger partial charge in [0.2, 0.25) is 0 Å². The number of carbonyl (C=O) groups is 1. The van der Waals surface area contributed by atoms with Crippen molar-refractivity contribution < 1.29 is 19.4 Å². The van der Waals surface area contributed by atoms with E-state index >= 15 is 0 Å². The van der Waals surface area contributed by atoms with Crippen LogP contribution >= 0.6 is 0 Å². The summed E-state index contributed by atoms with van der Waals surface area (Å²) in [5, 5.41) is 12.0. The highest BCUT2D eigenvalue weighted by atomic mass is 16.5. The van der Waals surface area contributed by atoms with Crippen LogP contribution in [0.25, 0.3) is 0 Å². The standard InChI is InChI=1S/C15H29NO4/c1-15(16-2,14(17)18)9-4-5-10-20-13-8-6-7-12(11-13)19-3/h12-13,16H,4-11H2,1-3H3,(H,17,18). The fraction of sp³-hybridized carbons (Fsp3) is 0.933. The van der Waals surface area contributed by atoms with E-state index in [0.717, 1.165) is 32.1 Å². The van der Waals surface area contributed by atoms with Gasteiger partial charge < -0.3 is 19.9 Å². The van der Waals surface area contributed by atoms with Crippen LogP contribution in [0.5, 0.6) is 0 Å². The first-order valence-electron chi connectivity index (χ1n) is 7.58. The molecular weight excluding hydrogens is 258 g/mol. The molecule has 3 unspecified atom stereocenters. The lowest BCUT2D eigenvalue weighted by molar-refractivity contribution is -0.144. The summed E-state index contributed by atoms with van der Waals surface area (Å²) in [5.41, 5.74) is -0.827. The number of carboxylic acid groups (broad SMARTS) is 1. The summed E-state index contributed by atoms with van der Waals surface area (Å²) in [6.45, 7) is 2.43. The lowest BCUT2D eigenvalue weighted by atomic mass is 9.94. The van der Waals surface area contributed by atoms with Gasteiger partial charge in [-0.2, -0.15) is 0 Å². The molecule has 2 N–H and O–H groups in total. The highest BCUT2D eigenvalue weighted by Crippen LogP contribution is 2.23. The Labute approximate surface area is 122 Å². The van der Waals surface area contributed by atoms with Gasteiger partial charge >= 0.3 is 5.97 Å². The summed E-state index contributed by atoms with van der Waals surface area (Å²) in [6.07, 6.45) is 7.42. The fourth-order valence-electron chi connectivity index (χ4n) is 2.64. The highest BCUT2D eigenvalue weighted by Gasteiger charge is 2.30. The van der Waals surface area contributed by atoms with E-state index in [1.54, 1.807) is 21.1 Å². The van der Waals surface area contributed by atoms with E-state index < -0.39 is 11.5 Å². The molecule has 5 nitrogen and oxygen atoms in total. The zero-order valence-electron chi connectivity index (χ0n) is 13.0. The van der Waals surface area contributed by atoms with Crippen molar-refractivity contribution in [3.05, 3.63) is 0 Å². The number of carboxylic acids is 1. The van der Waals surface area contributed by atoms with Crippen LogP contribution in [0, 0.1) is 0 Å². The average Bonchev–Trinajstić information content (AvgIpc) is 2.46. The monoisotopic (exact) mass is 287 g/mol. The predicted octanol–water partition coefficient (Wildman–Crippen LogP) is 2.19. The second-order valence-electron chi connectivity index (χ2n) is 5.86. The van der Waals surface area contributed by atoms with Gasteiger partial charge in [0.15, 0.2) is 0 Å². The Balaban J connectivity index is 2.14. The van der Waals surface area contributed by atoms with Crippen LogP contribution < -0.4 is 5.32 Å². The first-order chi connectivity index (χ1) is 9.51. The summed E-state index contributed by atoms with van der Waals surface area (Å²) in [4.78, 5) is 11.1. The number of unbranched alkanes of at least 4 members (excludes halogenated alkanes) is 1. The van der Waals surface area contributed by atoms with E-state index in [1.807, 2.05) is 0 Å². The number of rotatable bonds is 9. The SMILES string of the molecule is CNC(C)(CCCCOC1CCCC(OC)C1)C(=O)O. The Hall–Kier alpha value is -0.650. The number of hydrogen-bond donors (Lipinski definition) is 2. The van der Waals surface area contributed by atoms with Gasteiger partial charge in [0.25, 0.3) is 0 Å². The number of hydrogen-bond acceptors (Lipinski definition) is 4. The first-order valence-corrected chi connectivity index (χ1v) is 7.58. The van der Waals surface area contributed by atoms with Gasteiger partial charge in [-0.3, -0.25) is 4.79 Å². The molecule has 0 aromatic carbocycles. The molecule has 5 heteroatoms. The van der Waals surface area contributed by atoms with Crippen LogP contribution in [0.2, 0.25) is 0 Å². The molecule has 0 aliphatic heterocycles. The van der Waals surface area contributed by atoms with E-state index in [0.29, 0.717) is 25.2 Å². The Morgan fingerprint density at radius 3 is 2.65 bits per heavy atom. The first kappa shape index (κ1) is 17.4. The topological polar surface area (TPSA) is 67.8 Å². The summed E-state index contributed by atoms with van der Waals surface area (Å²) in [6, 6.07) is 0. The van der Waals surface area contributed by atoms with Crippen LogP contribution in [0.4, 0.5) is 0 Å². The predicted molar refractivity (Wildman–Crippen MR) is 78.0 cm³/mol. The maximum Gasteiger partial charge on any atom is 0.323 e. The van der Waals surface area contributed by atoms with Crippen molar-refractivity contribution >= 4 is 5.97 Å². The van der Waals surface area contributed by atoms with Crippen LogP contribution in [-0.2, 0) is 14.3 Å². The van der Waals surface area contributed by atoms with E-state index in [2.05, 4.69) is 5.32 Å². The molecule has 0 aromatic rings. The van der Waals surface area contributed by atoms with Crippen molar-refractivity contribution in [1.29, 1.82) is 0 Å². The summed E-state index contributed by atoms with van der Waals surface area (Å²) < 4.78 is 11.3. The minimum atomic E-state index is -0.827. The van der Waals surface area contributed by atoms with Crippen LogP contribution in [-0.4, -0.2) is 49.6 Å². The summed E-state index contributed by atoms with van der Waals surface area (Å²) in [5.74, 6) is -0.795. The zero-order chi connectivity index (χ0) is 15.0. The van der Waals surface area contributed by atoms with Crippen molar-refractivity contribution in [1.82, 2.24) is 5.32 Å². The zero-order valence-corrected chi connectivity index (χ0v) is 13.0. The molecule has 3 atom stereocenters. The van der Waals surface area contributed by atoms with E-state index in [1.165, 1.54) is 6.42 Å². The lowest BCUT2D eigenvalue weighted by Gasteiger charge is -2.28. The number of methoxy groups -OCH3 is 1. The molecule has 1 saturated carbocycles. The maximum atomic E-state index is 11.1. The van der Waals surface area contributed by atoms with Gasteiger partial charge in [-0.15, -0.1) is 0 Å². The number of likely N-dealkylation sites (N-methyl/N-ethyl adjacent to an activating group) is 1. The Bertz CT molecular complexity index is 298. The van der Waals surface area contributed by atoms with Gasteiger partial charge in [-0.1, -0.05) is 0 Å². The van der Waals surface area contributed by atoms with E-state index in [4.69, 9.17) is 14.6 Å². The minimum absolute atomic E-state index is 0.309. The molecule has 0 bridgehead atoms. The molecule has 0 saturated heterocycles. The van der Waals surface area contributed by atoms with Crippen LogP contribution in [0.15, 0.2) is 0 Å². The van der Waals surface area contributed by atoms with Gasteiger partial charge in [-0.25, -0.2) is 0 Å². The number of nitrogens with one attached hydrogen (secondary N) is 1. The molecule has 1 aliphatic rings. The minimum Gasteiger partial charge on any atom is -0.480 e. The Kier molecular flexibility index (Phi) is 7.48. The molecule has 1 fully saturated rings. The quantitative estimate of drug-likeness (QED) is 0.636. The third kappa shape index (κ3) is 5.38. The molecule has 1 rings (SSSR count). The van der Waals surface area contributed by atoms with Crippen LogP contribution in [0.1, 0.15) is 51.9 Å². The molecule has 20 heavy (non-hydrogen) atoms. The molecule has 1 aliphatic carbocycles. The molecule has 0 radical (unpaired) electrons. The van der Waals surface area contributed by atoms with Crippen molar-refractivity contribution in [3.63, 3.8) is 0 Å². The molecule has 0 spiro atoms. The van der Waals surface area contributed by atoms with Crippen molar-refractivity contribution in [3.8, 4) is 0 Å². The normalized spacial score (nSPS) is 26.1. The second kappa shape index (κ2) is 8.60. The van der Waals surface area contributed by atoms with Crippen molar-refractivity contribution in [2.24, 2.45) is 0 Å². The maximum absolute atomic E-state index is 11.1. The third-order valence-electron chi connectivity index (χ3n) is 4.36. The van der Waals surface area contributed by atoms with Crippen molar-refractivity contribution in [2.45, 2.75) is 69.6 Å². The molecule has 0 amide bonds. The van der Waals surface area contributed by atoms with E-state index in [-0.39, 0.29) is 0 Å². The van der Waals surface area contributed by atoms with Gasteiger partial charge in [-0.05, 0) is 58.9 Å². The second-order valence-corrected chi connectivity index (χ2v) is 5.86. The van der Waals surface area contributed by atoms with Crippen LogP contribution in [0.3, 0.4) is 0 Å². The molecule has 118 valence electrons. The largest absolute Gasteiger partial charge is 0.480 e. The Morgan fingerprint density at radius 2 is 2.05 bits per heavy atom. The Morgan fingerprint density at radius 1 is 1.35 bits per heavy atom. The molecule has 0 heterocycles. The van der Waals surface area contributed by atoms with E-state index in [9.17, 15) is 4.79 Å². The summed E-state index contributed by atoms with van der Waals surface area (Å²) >= 11 is 0. The number of ether oxygens (including phenoxy) is 2. The summed E-state index contributed by atoms with van der Waals surface area (Å²) in [7, 11) is 3.45. The fourth-order valence-corrected chi connectivity index (χ4v) is 2.64. The average molecular weight is 287 g/mol. The van der Waals surface area contributed by atoms with Crippen molar-refractivity contribution in [2.75, 3.05) is 20.8 Å². The van der Waals surface area contributed by atoms with Gasteiger partial charge in [0.05, 0.1) is 12.2 Å². The third-order valence-corrected chi connectivity index (χ3v) is 4.36.